The molecule has 0 radical (unpaired) electrons. The number of nitrogens with zero attached hydrogens (tertiary/aromatic N) is 4. The van der Waals surface area contributed by atoms with Gasteiger partial charge >= 0.3 is 0 Å². The average Bonchev–Trinajstić information content (AvgIpc) is 3.69. The molecule has 11 aromatic rings. The molecule has 0 bridgehead atoms. The van der Waals surface area contributed by atoms with Crippen molar-refractivity contribution in [3.63, 3.8) is 0 Å². The highest BCUT2D eigenvalue weighted by molar-refractivity contribution is 6.25. The van der Waals surface area contributed by atoms with Crippen LogP contribution in [0.3, 0.4) is 0 Å². The van der Waals surface area contributed by atoms with E-state index in [2.05, 4.69) is 143 Å². The number of pyridine rings is 4. The molecule has 0 saturated carbocycles. The fourth-order valence-electron chi connectivity index (χ4n) is 8.12. The Labute approximate surface area is 328 Å². The second kappa shape index (κ2) is 13.5. The Morgan fingerprint density at radius 3 is 1.68 bits per heavy atom. The number of rotatable bonds is 6. The van der Waals surface area contributed by atoms with Crippen LogP contribution in [0, 0.1) is 0 Å². The molecule has 0 N–H and O–H groups in total. The van der Waals surface area contributed by atoms with Crippen molar-refractivity contribution in [3.05, 3.63) is 194 Å². The van der Waals surface area contributed by atoms with Crippen molar-refractivity contribution >= 4 is 43.6 Å². The van der Waals surface area contributed by atoms with E-state index >= 15 is 0 Å². The Balaban J connectivity index is 1.06. The van der Waals surface area contributed by atoms with Gasteiger partial charge in [-0.15, -0.1) is 0 Å². The molecule has 0 spiro atoms. The van der Waals surface area contributed by atoms with E-state index in [-0.39, 0.29) is 0 Å². The van der Waals surface area contributed by atoms with E-state index in [1.807, 2.05) is 48.5 Å². The zero-order valence-electron chi connectivity index (χ0n) is 30.7. The molecule has 0 aliphatic rings. The minimum atomic E-state index is 0.795. The lowest BCUT2D eigenvalue weighted by atomic mass is 9.92. The molecule has 0 atom stereocenters. The van der Waals surface area contributed by atoms with Crippen LogP contribution < -0.4 is 0 Å². The summed E-state index contributed by atoms with van der Waals surface area (Å²) in [6, 6.07) is 63.1. The maximum atomic E-state index is 6.73. The maximum absolute atomic E-state index is 6.73. The Kier molecular flexibility index (Phi) is 7.74. The zero-order chi connectivity index (χ0) is 37.7. The molecule has 266 valence electrons. The predicted molar refractivity (Wildman–Crippen MR) is 233 cm³/mol. The minimum absolute atomic E-state index is 0.795. The molecule has 11 rings (SSSR count). The molecule has 6 aromatic carbocycles. The van der Waals surface area contributed by atoms with Crippen molar-refractivity contribution in [3.8, 4) is 67.4 Å². The molecular formula is C52H32N4O. The summed E-state index contributed by atoms with van der Waals surface area (Å²) in [4.78, 5) is 19.6. The summed E-state index contributed by atoms with van der Waals surface area (Å²) in [5.41, 5.74) is 14.3. The number of benzene rings is 6. The van der Waals surface area contributed by atoms with Crippen LogP contribution in [0.4, 0.5) is 0 Å². The molecule has 0 amide bonds. The average molecular weight is 729 g/mol. The van der Waals surface area contributed by atoms with Crippen LogP contribution in [0.1, 0.15) is 0 Å². The van der Waals surface area contributed by atoms with Crippen molar-refractivity contribution in [2.75, 3.05) is 0 Å². The van der Waals surface area contributed by atoms with Crippen molar-refractivity contribution < 1.29 is 4.42 Å². The van der Waals surface area contributed by atoms with Gasteiger partial charge in [-0.25, -0.2) is 9.97 Å². The molecule has 5 heterocycles. The van der Waals surface area contributed by atoms with Gasteiger partial charge in [0, 0.05) is 34.1 Å². The van der Waals surface area contributed by atoms with Gasteiger partial charge in [-0.2, -0.15) is 0 Å². The third-order valence-corrected chi connectivity index (χ3v) is 10.8. The normalized spacial score (nSPS) is 11.5. The SMILES string of the molecule is c1ccc(-c2cc(-c3cccc(-c4cccc(-c5cccc6nc(-c7cccc8ccccc78)c7oc8ccccc8c7c56)c4)c3)cc(-c3ccccn3)n2)nc1. The molecule has 5 heteroatoms. The first kappa shape index (κ1) is 32.7. The standard InChI is InChI=1S/C52H32N4O/c1-2-19-39-33(13-1)14-11-22-41(39)51-52-50(42-20-3-4-26-48(42)57-52)49-40(21-12-25-45(49)56-51)37-18-10-16-35(30-37)34-15-9-17-36(29-34)38-31-46(43-23-5-7-27-53-43)55-47(32-38)44-24-6-8-28-54-44/h1-32H. The zero-order valence-corrected chi connectivity index (χ0v) is 30.7. The molecule has 5 aromatic heterocycles. The number of aromatic nitrogens is 4. The van der Waals surface area contributed by atoms with Crippen LogP contribution >= 0.6 is 0 Å². The van der Waals surface area contributed by atoms with Gasteiger partial charge in [-0.3, -0.25) is 9.97 Å². The molecule has 0 unspecified atom stereocenters. The summed E-state index contributed by atoms with van der Waals surface area (Å²) < 4.78 is 6.73. The van der Waals surface area contributed by atoms with Crippen molar-refractivity contribution in [2.24, 2.45) is 0 Å². The van der Waals surface area contributed by atoms with E-state index in [1.165, 1.54) is 5.39 Å². The van der Waals surface area contributed by atoms with Gasteiger partial charge < -0.3 is 4.42 Å². The second-order valence-corrected chi connectivity index (χ2v) is 14.2. The third kappa shape index (κ3) is 5.72. The topological polar surface area (TPSA) is 64.7 Å². The molecule has 0 aliphatic heterocycles. The van der Waals surface area contributed by atoms with Gasteiger partial charge in [0.2, 0.25) is 0 Å². The predicted octanol–water partition coefficient (Wildman–Crippen LogP) is 13.5. The van der Waals surface area contributed by atoms with Crippen LogP contribution in [-0.2, 0) is 0 Å². The van der Waals surface area contributed by atoms with E-state index in [1.54, 1.807) is 12.4 Å². The van der Waals surface area contributed by atoms with Crippen LogP contribution in [0.25, 0.3) is 111 Å². The van der Waals surface area contributed by atoms with Crippen LogP contribution in [-0.4, -0.2) is 19.9 Å². The minimum Gasteiger partial charge on any atom is -0.454 e. The Hall–Kier alpha value is -7.76. The molecule has 0 aliphatic carbocycles. The lowest BCUT2D eigenvalue weighted by molar-refractivity contribution is 0.669. The lowest BCUT2D eigenvalue weighted by Gasteiger charge is -2.13. The highest BCUT2D eigenvalue weighted by atomic mass is 16.3. The first-order valence-electron chi connectivity index (χ1n) is 19.0. The maximum Gasteiger partial charge on any atom is 0.162 e. The van der Waals surface area contributed by atoms with Gasteiger partial charge in [0.15, 0.2) is 5.58 Å². The highest BCUT2D eigenvalue weighted by Crippen LogP contribution is 2.44. The summed E-state index contributed by atoms with van der Waals surface area (Å²) in [5.74, 6) is 0. The second-order valence-electron chi connectivity index (χ2n) is 14.2. The van der Waals surface area contributed by atoms with Crippen LogP contribution in [0.2, 0.25) is 0 Å². The summed E-state index contributed by atoms with van der Waals surface area (Å²) in [6.07, 6.45) is 3.60. The number of para-hydroxylation sites is 1. The molecule has 5 nitrogen and oxygen atoms in total. The highest BCUT2D eigenvalue weighted by Gasteiger charge is 2.21. The summed E-state index contributed by atoms with van der Waals surface area (Å²) in [7, 11) is 0. The Bertz CT molecular complexity index is 3240. The Morgan fingerprint density at radius 1 is 0.368 bits per heavy atom. The van der Waals surface area contributed by atoms with E-state index in [9.17, 15) is 0 Å². The van der Waals surface area contributed by atoms with Crippen molar-refractivity contribution in [2.45, 2.75) is 0 Å². The van der Waals surface area contributed by atoms with E-state index in [0.29, 0.717) is 0 Å². The largest absolute Gasteiger partial charge is 0.454 e. The molecular weight excluding hydrogens is 697 g/mol. The van der Waals surface area contributed by atoms with Crippen LogP contribution in [0.5, 0.6) is 0 Å². The van der Waals surface area contributed by atoms with Crippen molar-refractivity contribution in [1.82, 2.24) is 19.9 Å². The number of hydrogen-bond donors (Lipinski definition) is 0. The quantitative estimate of drug-likeness (QED) is 0.171. The van der Waals surface area contributed by atoms with Crippen molar-refractivity contribution in [1.29, 1.82) is 0 Å². The van der Waals surface area contributed by atoms with E-state index < -0.39 is 0 Å². The van der Waals surface area contributed by atoms with Gasteiger partial charge in [0.25, 0.3) is 0 Å². The summed E-state index contributed by atoms with van der Waals surface area (Å²) in [5, 5.41) is 5.54. The summed E-state index contributed by atoms with van der Waals surface area (Å²) in [6.45, 7) is 0. The monoisotopic (exact) mass is 728 g/mol. The van der Waals surface area contributed by atoms with Gasteiger partial charge in [0.05, 0.1) is 28.3 Å². The molecule has 57 heavy (non-hydrogen) atoms. The first-order chi connectivity index (χ1) is 28.2. The fourth-order valence-corrected chi connectivity index (χ4v) is 8.12. The van der Waals surface area contributed by atoms with Gasteiger partial charge in [-0.05, 0) is 105 Å². The lowest BCUT2D eigenvalue weighted by Crippen LogP contribution is -1.94. The smallest absolute Gasteiger partial charge is 0.162 e. The van der Waals surface area contributed by atoms with Gasteiger partial charge in [-0.1, -0.05) is 121 Å². The fraction of sp³-hybridized carbons (Fsp3) is 0. The summed E-state index contributed by atoms with van der Waals surface area (Å²) >= 11 is 0. The van der Waals surface area contributed by atoms with E-state index in [0.717, 1.165) is 106 Å². The first-order valence-corrected chi connectivity index (χ1v) is 19.0. The molecule has 0 fully saturated rings. The third-order valence-electron chi connectivity index (χ3n) is 10.8. The number of hydrogen-bond acceptors (Lipinski definition) is 5. The van der Waals surface area contributed by atoms with E-state index in [4.69, 9.17) is 14.4 Å². The number of furan rings is 1. The Morgan fingerprint density at radius 2 is 0.947 bits per heavy atom. The molecule has 0 saturated heterocycles. The van der Waals surface area contributed by atoms with Crippen LogP contribution in [0.15, 0.2) is 199 Å². The van der Waals surface area contributed by atoms with Gasteiger partial charge in [0.1, 0.15) is 11.3 Å². The number of fused-ring (bicyclic) bond motifs is 6.